The van der Waals surface area contributed by atoms with E-state index in [1.54, 1.807) is 7.05 Å². The Morgan fingerprint density at radius 3 is 2.07 bits per heavy atom. The van der Waals surface area contributed by atoms with E-state index in [4.69, 9.17) is 4.99 Å². The van der Waals surface area contributed by atoms with Crippen molar-refractivity contribution in [3.05, 3.63) is 174 Å². The average Bonchev–Trinajstić information content (AvgIpc) is 3.62. The molecule has 0 N–H and O–H groups in total. The van der Waals surface area contributed by atoms with Gasteiger partial charge in [-0.2, -0.15) is 0 Å². The van der Waals surface area contributed by atoms with Gasteiger partial charge in [-0.15, -0.1) is 0 Å². The van der Waals surface area contributed by atoms with Crippen LogP contribution in [0.5, 0.6) is 0 Å². The van der Waals surface area contributed by atoms with Crippen LogP contribution < -0.4 is 0 Å². The lowest BCUT2D eigenvalue weighted by Gasteiger charge is -2.24. The molecule has 0 unspecified atom stereocenters. The van der Waals surface area contributed by atoms with Gasteiger partial charge < -0.3 is 4.57 Å². The standard InChI is InChI=1S/C37H36N2.C9H10N2.C4H8/c1-8-24(2)26-18-17-25(19-32(26)36(3,4)5)22-38-23-39-34-16-12-10-14-28(34)30-20-33-29(21-35(30)39)27-13-9-11-15-31(27)37(33,6)7;1-10-9(11-2)8-6-4-3-5-7-8;1-3-4-2/h8-21,23H,1-2,22H2,3-7H3;3-7H,1H2,2H3;3-4H,1-2H3/b;;4-3-. The van der Waals surface area contributed by atoms with E-state index >= 15 is 0 Å². The topological polar surface area (TPSA) is 42.0 Å². The van der Waals surface area contributed by atoms with E-state index in [0.717, 1.165) is 16.7 Å². The minimum Gasteiger partial charge on any atom is -0.300 e. The lowest BCUT2D eigenvalue weighted by molar-refractivity contribution is 0.588. The number of para-hydroxylation sites is 1. The maximum absolute atomic E-state index is 4.96. The second-order valence-corrected chi connectivity index (χ2v) is 15.0. The molecule has 7 rings (SSSR count). The van der Waals surface area contributed by atoms with Crippen LogP contribution >= 0.6 is 0 Å². The summed E-state index contributed by atoms with van der Waals surface area (Å²) in [6, 6.07) is 38.6. The second kappa shape index (κ2) is 16.9. The molecule has 5 aromatic carbocycles. The largest absolute Gasteiger partial charge is 0.300 e. The van der Waals surface area contributed by atoms with Gasteiger partial charge in [0.15, 0.2) is 5.84 Å². The van der Waals surface area contributed by atoms with Crippen molar-refractivity contribution in [2.75, 3.05) is 7.05 Å². The number of aromatic nitrogens is 1. The molecule has 0 fully saturated rings. The normalized spacial score (nSPS) is 13.2. The van der Waals surface area contributed by atoms with Crippen LogP contribution in [0.3, 0.4) is 0 Å². The molecule has 0 saturated carbocycles. The molecule has 4 nitrogen and oxygen atoms in total. The third kappa shape index (κ3) is 8.04. The Balaban J connectivity index is 0.000000314. The van der Waals surface area contributed by atoms with Crippen molar-refractivity contribution in [2.24, 2.45) is 15.0 Å². The van der Waals surface area contributed by atoms with Crippen LogP contribution in [-0.2, 0) is 17.4 Å². The fourth-order valence-electron chi connectivity index (χ4n) is 7.12. The van der Waals surface area contributed by atoms with Crippen molar-refractivity contribution >= 4 is 46.3 Å². The average molecular weight is 711 g/mol. The van der Waals surface area contributed by atoms with E-state index in [9.17, 15) is 0 Å². The molecule has 0 saturated heterocycles. The molecule has 0 aliphatic heterocycles. The minimum absolute atomic E-state index is 0.00170. The Hall–Kier alpha value is -5.87. The van der Waals surface area contributed by atoms with Gasteiger partial charge in [0.25, 0.3) is 0 Å². The minimum atomic E-state index is -0.0226. The highest BCUT2D eigenvalue weighted by molar-refractivity contribution is 6.13. The Morgan fingerprint density at radius 2 is 1.43 bits per heavy atom. The maximum Gasteiger partial charge on any atom is 0.153 e. The Labute approximate surface area is 322 Å². The highest BCUT2D eigenvalue weighted by Gasteiger charge is 2.36. The predicted molar refractivity (Wildman–Crippen MR) is 238 cm³/mol. The number of aliphatic imine (C=N–C) groups is 3. The molecule has 274 valence electrons. The van der Waals surface area contributed by atoms with Crippen LogP contribution in [0.1, 0.15) is 81.8 Å². The molecule has 6 aromatic rings. The first-order valence-corrected chi connectivity index (χ1v) is 18.6. The van der Waals surface area contributed by atoms with Gasteiger partial charge in [0.1, 0.15) is 0 Å². The zero-order chi connectivity index (χ0) is 39.0. The van der Waals surface area contributed by atoms with Crippen LogP contribution in [0.4, 0.5) is 0 Å². The van der Waals surface area contributed by atoms with Crippen molar-refractivity contribution in [1.29, 1.82) is 0 Å². The second-order valence-electron chi connectivity index (χ2n) is 15.0. The smallest absolute Gasteiger partial charge is 0.153 e. The lowest BCUT2D eigenvalue weighted by atomic mass is 9.81. The SMILES string of the molecule is C/C=C\C.C=CC(=C)c1ccc(CN=Cn2c3ccccc3c3cc4c(cc32)-c2ccccc2C4(C)C)cc1C(C)(C)C.C=NC(=NC)c1ccccc1. The fourth-order valence-corrected chi connectivity index (χ4v) is 7.12. The summed E-state index contributed by atoms with van der Waals surface area (Å²) < 4.78 is 2.26. The Morgan fingerprint density at radius 1 is 0.759 bits per heavy atom. The number of amidine groups is 1. The van der Waals surface area contributed by atoms with E-state index in [1.165, 1.54) is 55.2 Å². The predicted octanol–water partition coefficient (Wildman–Crippen LogP) is 13.0. The lowest BCUT2D eigenvalue weighted by Crippen LogP contribution is -2.14. The van der Waals surface area contributed by atoms with Crippen molar-refractivity contribution in [3.63, 3.8) is 0 Å². The molecule has 0 atom stereocenters. The van der Waals surface area contributed by atoms with Crippen molar-refractivity contribution in [3.8, 4) is 11.1 Å². The first-order valence-electron chi connectivity index (χ1n) is 18.6. The molecule has 1 aliphatic carbocycles. The number of benzene rings is 5. The number of allylic oxidation sites excluding steroid dienone is 4. The van der Waals surface area contributed by atoms with Crippen LogP contribution in [-0.4, -0.2) is 30.5 Å². The van der Waals surface area contributed by atoms with Gasteiger partial charge in [-0.3, -0.25) is 9.98 Å². The molecule has 1 aliphatic rings. The van der Waals surface area contributed by atoms with Gasteiger partial charge in [0.2, 0.25) is 0 Å². The first-order chi connectivity index (χ1) is 25.9. The van der Waals surface area contributed by atoms with Gasteiger partial charge in [0.05, 0.1) is 23.9 Å². The van der Waals surface area contributed by atoms with E-state index in [2.05, 4.69) is 148 Å². The summed E-state index contributed by atoms with van der Waals surface area (Å²) in [7, 11) is 1.71. The summed E-state index contributed by atoms with van der Waals surface area (Å²) in [5.41, 5.74) is 13.4. The monoisotopic (exact) mass is 710 g/mol. The number of hydrogen-bond acceptors (Lipinski definition) is 2. The molecule has 0 amide bonds. The number of fused-ring (bicyclic) bond motifs is 6. The summed E-state index contributed by atoms with van der Waals surface area (Å²) in [6.45, 7) is 27.6. The molecular formula is C50H54N4. The number of hydrogen-bond donors (Lipinski definition) is 0. The van der Waals surface area contributed by atoms with Gasteiger partial charge in [-0.05, 0) is 88.7 Å². The number of nitrogens with zero attached hydrogens (tertiary/aromatic N) is 4. The molecular weight excluding hydrogens is 657 g/mol. The zero-order valence-electron chi connectivity index (χ0n) is 33.3. The maximum atomic E-state index is 4.96. The van der Waals surface area contributed by atoms with E-state index in [-0.39, 0.29) is 10.8 Å². The highest BCUT2D eigenvalue weighted by atomic mass is 15.0. The molecule has 0 spiro atoms. The van der Waals surface area contributed by atoms with Crippen molar-refractivity contribution in [2.45, 2.75) is 65.8 Å². The van der Waals surface area contributed by atoms with Gasteiger partial charge >= 0.3 is 0 Å². The third-order valence-electron chi connectivity index (χ3n) is 10.1. The van der Waals surface area contributed by atoms with Gasteiger partial charge in [-0.25, -0.2) is 4.99 Å². The van der Waals surface area contributed by atoms with Gasteiger partial charge in [-0.1, -0.05) is 157 Å². The molecule has 0 radical (unpaired) electrons. The van der Waals surface area contributed by atoms with Crippen LogP contribution in [0.15, 0.2) is 156 Å². The summed E-state index contributed by atoms with van der Waals surface area (Å²) in [4.78, 5) is 12.7. The number of rotatable bonds is 6. The summed E-state index contributed by atoms with van der Waals surface area (Å²) >= 11 is 0. The van der Waals surface area contributed by atoms with E-state index in [1.807, 2.05) is 68.7 Å². The Bertz CT molecular complexity index is 2390. The molecule has 1 heterocycles. The van der Waals surface area contributed by atoms with Crippen molar-refractivity contribution in [1.82, 2.24) is 4.57 Å². The fraction of sp³-hybridized carbons (Fsp3) is 0.220. The highest BCUT2D eigenvalue weighted by Crippen LogP contribution is 2.50. The molecule has 4 heteroatoms. The first kappa shape index (κ1) is 39.3. The van der Waals surface area contributed by atoms with Gasteiger partial charge in [0, 0.05) is 28.8 Å². The van der Waals surface area contributed by atoms with E-state index in [0.29, 0.717) is 12.4 Å². The summed E-state index contributed by atoms with van der Waals surface area (Å²) in [5, 5.41) is 2.54. The molecule has 0 bridgehead atoms. The third-order valence-corrected chi connectivity index (χ3v) is 10.1. The summed E-state index contributed by atoms with van der Waals surface area (Å²) in [5.74, 6) is 0.686. The summed E-state index contributed by atoms with van der Waals surface area (Å²) in [6.07, 6.45) is 7.84. The van der Waals surface area contributed by atoms with Crippen LogP contribution in [0, 0.1) is 0 Å². The van der Waals surface area contributed by atoms with E-state index < -0.39 is 0 Å². The Kier molecular flexibility index (Phi) is 12.3. The zero-order valence-corrected chi connectivity index (χ0v) is 33.3. The van der Waals surface area contributed by atoms with Crippen LogP contribution in [0.2, 0.25) is 0 Å². The molecule has 1 aromatic heterocycles. The van der Waals surface area contributed by atoms with Crippen molar-refractivity contribution < 1.29 is 0 Å². The van der Waals surface area contributed by atoms with Crippen LogP contribution in [0.25, 0.3) is 38.5 Å². The molecule has 54 heavy (non-hydrogen) atoms. The quantitative estimate of drug-likeness (QED) is 0.0715.